The molecule has 1 N–H and O–H groups in total. The van der Waals surface area contributed by atoms with Gasteiger partial charge in [-0.25, -0.2) is 4.79 Å². The number of carbonyl (C=O) groups is 2. The lowest BCUT2D eigenvalue weighted by molar-refractivity contribution is -0.139. The third-order valence-corrected chi connectivity index (χ3v) is 6.17. The molecular formula is C25H30N2O5. The van der Waals surface area contributed by atoms with Gasteiger partial charge in [0.05, 0.1) is 6.04 Å². The van der Waals surface area contributed by atoms with Gasteiger partial charge < -0.3 is 19.5 Å². The number of nitrogens with zero attached hydrogens (tertiary/aromatic N) is 2. The second-order valence-corrected chi connectivity index (χ2v) is 8.32. The maximum atomic E-state index is 13.4. The zero-order valence-corrected chi connectivity index (χ0v) is 18.1. The molecule has 0 aliphatic carbocycles. The summed E-state index contributed by atoms with van der Waals surface area (Å²) in [6.45, 7) is 1.38. The summed E-state index contributed by atoms with van der Waals surface area (Å²) >= 11 is 0. The standard InChI is InChI=1S/C25H30N2O5/c28-23(18-31-20-11-5-2-6-12-20)21-13-7-15-26(21)24(29)22-14-8-16-27(22)25(30)32-17-19-9-3-1-4-10-19/h1-6,9-12,21-23,28H,7-8,13-18H2/t21-,22+,23?/m0/s1. The van der Waals surface area contributed by atoms with Crippen LogP contribution in [0.15, 0.2) is 60.7 Å². The van der Waals surface area contributed by atoms with Crippen molar-refractivity contribution in [3.8, 4) is 5.75 Å². The van der Waals surface area contributed by atoms with Crippen molar-refractivity contribution in [2.75, 3.05) is 19.7 Å². The molecule has 170 valence electrons. The molecule has 3 atom stereocenters. The van der Waals surface area contributed by atoms with Gasteiger partial charge in [-0.15, -0.1) is 0 Å². The topological polar surface area (TPSA) is 79.3 Å². The molecule has 7 heteroatoms. The average Bonchev–Trinajstić information content (AvgIpc) is 3.52. The van der Waals surface area contributed by atoms with Crippen molar-refractivity contribution in [3.63, 3.8) is 0 Å². The van der Waals surface area contributed by atoms with Crippen LogP contribution in [0, 0.1) is 0 Å². The second-order valence-electron chi connectivity index (χ2n) is 8.32. The lowest BCUT2D eigenvalue weighted by Crippen LogP contribution is -2.52. The van der Waals surface area contributed by atoms with Crippen LogP contribution in [0.1, 0.15) is 31.2 Å². The number of benzene rings is 2. The second kappa shape index (κ2) is 10.5. The van der Waals surface area contributed by atoms with Crippen molar-refractivity contribution in [2.24, 2.45) is 0 Å². The molecule has 2 heterocycles. The Bertz CT molecular complexity index is 892. The van der Waals surface area contributed by atoms with E-state index in [9.17, 15) is 14.7 Å². The fourth-order valence-corrected chi connectivity index (χ4v) is 4.51. The zero-order valence-electron chi connectivity index (χ0n) is 18.1. The molecule has 2 saturated heterocycles. The SMILES string of the molecule is O=C(OCc1ccccc1)N1CCC[C@@H]1C(=O)N1CCC[C@H]1C(O)COc1ccccc1. The highest BCUT2D eigenvalue weighted by Gasteiger charge is 2.42. The third kappa shape index (κ3) is 5.22. The molecule has 0 bridgehead atoms. The third-order valence-electron chi connectivity index (χ3n) is 6.17. The molecule has 2 aromatic rings. The van der Waals surface area contributed by atoms with Crippen LogP contribution in [0.4, 0.5) is 4.79 Å². The maximum Gasteiger partial charge on any atom is 0.410 e. The number of hydrogen-bond acceptors (Lipinski definition) is 5. The predicted molar refractivity (Wildman–Crippen MR) is 119 cm³/mol. The van der Waals surface area contributed by atoms with Crippen molar-refractivity contribution in [3.05, 3.63) is 66.2 Å². The van der Waals surface area contributed by atoms with Gasteiger partial charge in [-0.3, -0.25) is 9.69 Å². The van der Waals surface area contributed by atoms with E-state index >= 15 is 0 Å². The molecule has 7 nitrogen and oxygen atoms in total. The number of likely N-dealkylation sites (tertiary alicyclic amines) is 2. The Balaban J connectivity index is 1.34. The van der Waals surface area contributed by atoms with Gasteiger partial charge in [0.2, 0.25) is 5.91 Å². The van der Waals surface area contributed by atoms with Gasteiger partial charge in [0.1, 0.15) is 31.1 Å². The number of aliphatic hydroxyl groups is 1. The number of rotatable bonds is 7. The van der Waals surface area contributed by atoms with E-state index in [-0.39, 0.29) is 25.2 Å². The average molecular weight is 439 g/mol. The molecular weight excluding hydrogens is 408 g/mol. The first-order valence-corrected chi connectivity index (χ1v) is 11.3. The minimum Gasteiger partial charge on any atom is -0.491 e. The Kier molecular flexibility index (Phi) is 7.27. The van der Waals surface area contributed by atoms with Crippen LogP contribution < -0.4 is 4.74 Å². The van der Waals surface area contributed by atoms with Crippen molar-refractivity contribution in [2.45, 2.75) is 50.5 Å². The molecule has 2 amide bonds. The molecule has 32 heavy (non-hydrogen) atoms. The van der Waals surface area contributed by atoms with Gasteiger partial charge in [-0.05, 0) is 43.4 Å². The van der Waals surface area contributed by atoms with Crippen LogP contribution in [-0.4, -0.2) is 64.8 Å². The number of hydrogen-bond donors (Lipinski definition) is 1. The summed E-state index contributed by atoms with van der Waals surface area (Å²) in [6, 6.07) is 18.0. The van der Waals surface area contributed by atoms with Crippen molar-refractivity contribution < 1.29 is 24.2 Å². The summed E-state index contributed by atoms with van der Waals surface area (Å²) in [5.41, 5.74) is 0.907. The van der Waals surface area contributed by atoms with Crippen molar-refractivity contribution in [1.29, 1.82) is 0 Å². The first kappa shape index (κ1) is 22.1. The number of para-hydroxylation sites is 1. The highest BCUT2D eigenvalue weighted by molar-refractivity contribution is 5.86. The van der Waals surface area contributed by atoms with Crippen LogP contribution >= 0.6 is 0 Å². The highest BCUT2D eigenvalue weighted by atomic mass is 16.6. The minimum atomic E-state index is -0.790. The molecule has 4 rings (SSSR count). The van der Waals surface area contributed by atoms with Gasteiger partial charge in [-0.1, -0.05) is 48.5 Å². The number of amides is 2. The Morgan fingerprint density at radius 3 is 2.34 bits per heavy atom. The molecule has 2 fully saturated rings. The first-order valence-electron chi connectivity index (χ1n) is 11.3. The summed E-state index contributed by atoms with van der Waals surface area (Å²) in [6.07, 6.45) is 1.66. The van der Waals surface area contributed by atoms with E-state index in [1.54, 1.807) is 4.90 Å². The molecule has 0 saturated carbocycles. The predicted octanol–water partition coefficient (Wildman–Crippen LogP) is 3.22. The summed E-state index contributed by atoms with van der Waals surface area (Å²) in [5.74, 6) is 0.575. The number of carbonyl (C=O) groups excluding carboxylic acids is 2. The smallest absolute Gasteiger partial charge is 0.410 e. The highest BCUT2D eigenvalue weighted by Crippen LogP contribution is 2.27. The van der Waals surface area contributed by atoms with Crippen molar-refractivity contribution >= 4 is 12.0 Å². The Morgan fingerprint density at radius 2 is 1.59 bits per heavy atom. The number of aliphatic hydroxyl groups excluding tert-OH is 1. The van der Waals surface area contributed by atoms with Crippen LogP contribution in [0.2, 0.25) is 0 Å². The van der Waals surface area contributed by atoms with E-state index in [1.165, 1.54) is 4.90 Å². The monoisotopic (exact) mass is 438 g/mol. The first-order chi connectivity index (χ1) is 15.6. The lowest BCUT2D eigenvalue weighted by Gasteiger charge is -2.33. The van der Waals surface area contributed by atoms with Gasteiger partial charge in [0, 0.05) is 13.1 Å². The minimum absolute atomic E-state index is 0.111. The van der Waals surface area contributed by atoms with Crippen LogP contribution in [0.5, 0.6) is 5.75 Å². The Hall–Kier alpha value is -3.06. The fraction of sp³-hybridized carbons (Fsp3) is 0.440. The quantitative estimate of drug-likeness (QED) is 0.718. The van der Waals surface area contributed by atoms with E-state index in [4.69, 9.17) is 9.47 Å². The summed E-state index contributed by atoms with van der Waals surface area (Å²) in [5, 5.41) is 10.7. The van der Waals surface area contributed by atoms with E-state index in [0.29, 0.717) is 25.3 Å². The van der Waals surface area contributed by atoms with Gasteiger partial charge in [0.25, 0.3) is 0 Å². The van der Waals surface area contributed by atoms with Crippen LogP contribution in [-0.2, 0) is 16.1 Å². The fourth-order valence-electron chi connectivity index (χ4n) is 4.51. The zero-order chi connectivity index (χ0) is 22.3. The lowest BCUT2D eigenvalue weighted by atomic mass is 10.1. The summed E-state index contributed by atoms with van der Waals surface area (Å²) in [7, 11) is 0. The Morgan fingerprint density at radius 1 is 0.938 bits per heavy atom. The van der Waals surface area contributed by atoms with Gasteiger partial charge >= 0.3 is 6.09 Å². The van der Waals surface area contributed by atoms with E-state index in [2.05, 4.69) is 0 Å². The normalized spacial score (nSPS) is 21.4. The van der Waals surface area contributed by atoms with Crippen molar-refractivity contribution in [1.82, 2.24) is 9.80 Å². The van der Waals surface area contributed by atoms with Crippen LogP contribution in [0.3, 0.4) is 0 Å². The molecule has 0 radical (unpaired) electrons. The maximum absolute atomic E-state index is 13.4. The summed E-state index contributed by atoms with van der Waals surface area (Å²) in [4.78, 5) is 29.3. The van der Waals surface area contributed by atoms with E-state index < -0.39 is 18.2 Å². The number of ether oxygens (including phenoxy) is 2. The largest absolute Gasteiger partial charge is 0.491 e. The molecule has 2 aliphatic rings. The molecule has 1 unspecified atom stereocenters. The molecule has 2 aromatic carbocycles. The van der Waals surface area contributed by atoms with Crippen LogP contribution in [0.25, 0.3) is 0 Å². The van der Waals surface area contributed by atoms with E-state index in [0.717, 1.165) is 24.8 Å². The Labute approximate surface area is 188 Å². The molecule has 2 aliphatic heterocycles. The van der Waals surface area contributed by atoms with Gasteiger partial charge in [-0.2, -0.15) is 0 Å². The molecule has 0 aromatic heterocycles. The van der Waals surface area contributed by atoms with E-state index in [1.807, 2.05) is 60.7 Å². The molecule has 0 spiro atoms. The van der Waals surface area contributed by atoms with Gasteiger partial charge in [0.15, 0.2) is 0 Å². The summed E-state index contributed by atoms with van der Waals surface area (Å²) < 4.78 is 11.2.